The van der Waals surface area contributed by atoms with Gasteiger partial charge >= 0.3 is 0 Å². The van der Waals surface area contributed by atoms with Gasteiger partial charge in [-0.25, -0.2) is 23.1 Å². The molecule has 9 heteroatoms. The van der Waals surface area contributed by atoms with Crippen molar-refractivity contribution in [3.8, 4) is 5.88 Å². The van der Waals surface area contributed by atoms with Crippen LogP contribution in [0.1, 0.15) is 57.2 Å². The minimum absolute atomic E-state index is 0.0211. The van der Waals surface area contributed by atoms with Gasteiger partial charge in [-0.3, -0.25) is 0 Å². The van der Waals surface area contributed by atoms with E-state index in [4.69, 9.17) is 9.47 Å². The lowest BCUT2D eigenvalue weighted by molar-refractivity contribution is 0.0232. The molecule has 0 spiro atoms. The van der Waals surface area contributed by atoms with Crippen LogP contribution in [0.25, 0.3) is 5.70 Å². The van der Waals surface area contributed by atoms with Crippen molar-refractivity contribution in [1.82, 2.24) is 15.6 Å². The molecule has 2 aromatic rings. The van der Waals surface area contributed by atoms with Gasteiger partial charge in [-0.15, -0.1) is 0 Å². The number of hydrogen-bond acceptors (Lipinski definition) is 6. The number of aliphatic imine (C=N–C) groups is 1. The molecule has 0 unspecified atom stereocenters. The largest absolute Gasteiger partial charge is 0.475 e. The minimum Gasteiger partial charge on any atom is -0.475 e. The predicted molar refractivity (Wildman–Crippen MR) is 147 cm³/mol. The maximum atomic E-state index is 15.6. The van der Waals surface area contributed by atoms with Crippen LogP contribution in [-0.4, -0.2) is 36.3 Å². The van der Waals surface area contributed by atoms with E-state index in [9.17, 15) is 8.78 Å². The summed E-state index contributed by atoms with van der Waals surface area (Å²) in [5, 5.41) is 6.25. The minimum atomic E-state index is -1.40. The normalized spacial score (nSPS) is 15.1. The Morgan fingerprint density at radius 2 is 1.92 bits per heavy atom. The molecule has 0 bridgehead atoms. The maximum Gasteiger partial charge on any atom is 0.213 e. The summed E-state index contributed by atoms with van der Waals surface area (Å²) in [6.07, 6.45) is 5.35. The summed E-state index contributed by atoms with van der Waals surface area (Å²) in [4.78, 5) is 8.77. The molecule has 0 saturated heterocycles. The van der Waals surface area contributed by atoms with Gasteiger partial charge in [0.2, 0.25) is 5.88 Å². The first-order valence-corrected chi connectivity index (χ1v) is 13.1. The van der Waals surface area contributed by atoms with Crippen LogP contribution >= 0.6 is 0 Å². The van der Waals surface area contributed by atoms with Crippen molar-refractivity contribution in [2.24, 2.45) is 10.9 Å². The topological polar surface area (TPSA) is 67.8 Å². The Labute approximate surface area is 227 Å². The first-order chi connectivity index (χ1) is 18.5. The zero-order valence-corrected chi connectivity index (χ0v) is 22.8. The van der Waals surface area contributed by atoms with Crippen LogP contribution in [-0.2, 0) is 11.3 Å². The van der Waals surface area contributed by atoms with Gasteiger partial charge < -0.3 is 20.1 Å². The predicted octanol–water partition coefficient (Wildman–Crippen LogP) is 6.20. The Morgan fingerprint density at radius 3 is 2.56 bits per heavy atom. The SMILES string of the molecule is C=C1C=C(c2ccc(OCCOCC(C)(C)F)nc2)N=C(c2c(F)ccc(CNC(=C3CC3)C(C)C)c2F)N1. The first kappa shape index (κ1) is 28.4. The molecular formula is C30H35F3N4O2. The number of allylic oxidation sites excluding steroid dienone is 3. The van der Waals surface area contributed by atoms with Crippen LogP contribution in [0, 0.1) is 17.6 Å². The van der Waals surface area contributed by atoms with Crippen LogP contribution in [0.3, 0.4) is 0 Å². The fraction of sp³-hybridized carbons (Fsp3) is 0.400. The summed E-state index contributed by atoms with van der Waals surface area (Å²) >= 11 is 0. The summed E-state index contributed by atoms with van der Waals surface area (Å²) < 4.78 is 54.8. The van der Waals surface area contributed by atoms with Crippen molar-refractivity contribution < 1.29 is 22.6 Å². The summed E-state index contributed by atoms with van der Waals surface area (Å²) in [5.74, 6) is -0.697. The van der Waals surface area contributed by atoms with Crippen molar-refractivity contribution in [3.63, 3.8) is 0 Å². The van der Waals surface area contributed by atoms with E-state index in [1.165, 1.54) is 31.6 Å². The van der Waals surface area contributed by atoms with Crippen molar-refractivity contribution in [2.75, 3.05) is 19.8 Å². The number of nitrogens with zero attached hydrogens (tertiary/aromatic N) is 2. The monoisotopic (exact) mass is 540 g/mol. The van der Waals surface area contributed by atoms with Gasteiger partial charge in [-0.1, -0.05) is 32.1 Å². The molecule has 2 aliphatic rings. The van der Waals surface area contributed by atoms with Gasteiger partial charge in [-0.2, -0.15) is 0 Å². The number of alkyl halides is 1. The van der Waals surface area contributed by atoms with Gasteiger partial charge in [0.25, 0.3) is 0 Å². The highest BCUT2D eigenvalue weighted by Gasteiger charge is 2.24. The number of amidine groups is 1. The van der Waals surface area contributed by atoms with Crippen molar-refractivity contribution >= 4 is 11.5 Å². The van der Waals surface area contributed by atoms with E-state index in [1.807, 2.05) is 0 Å². The molecule has 208 valence electrons. The Hall–Kier alpha value is -3.59. The van der Waals surface area contributed by atoms with Crippen molar-refractivity contribution in [3.05, 3.63) is 88.4 Å². The van der Waals surface area contributed by atoms with E-state index in [-0.39, 0.29) is 37.8 Å². The molecule has 2 N–H and O–H groups in total. The van der Waals surface area contributed by atoms with Crippen molar-refractivity contribution in [2.45, 2.75) is 52.8 Å². The molecule has 1 aliphatic heterocycles. The number of benzene rings is 1. The number of hydrogen-bond donors (Lipinski definition) is 2. The van der Waals surface area contributed by atoms with Crippen LogP contribution in [0.4, 0.5) is 13.2 Å². The lowest BCUT2D eigenvalue weighted by Crippen LogP contribution is -2.28. The average Bonchev–Trinajstić information content (AvgIpc) is 3.70. The van der Waals surface area contributed by atoms with E-state index in [0.717, 1.165) is 18.5 Å². The van der Waals surface area contributed by atoms with E-state index in [0.29, 0.717) is 34.3 Å². The summed E-state index contributed by atoms with van der Waals surface area (Å²) in [7, 11) is 0. The van der Waals surface area contributed by atoms with Gasteiger partial charge in [0.15, 0.2) is 0 Å². The quantitative estimate of drug-likeness (QED) is 0.314. The fourth-order valence-corrected chi connectivity index (χ4v) is 4.15. The molecule has 0 atom stereocenters. The highest BCUT2D eigenvalue weighted by atomic mass is 19.1. The van der Waals surface area contributed by atoms with Gasteiger partial charge in [0.05, 0.1) is 24.5 Å². The third-order valence-corrected chi connectivity index (χ3v) is 6.11. The van der Waals surface area contributed by atoms with Crippen LogP contribution < -0.4 is 15.4 Å². The smallest absolute Gasteiger partial charge is 0.213 e. The van der Waals surface area contributed by atoms with Gasteiger partial charge in [-0.05, 0) is 50.8 Å². The van der Waals surface area contributed by atoms with Crippen LogP contribution in [0.5, 0.6) is 5.88 Å². The van der Waals surface area contributed by atoms with E-state index < -0.39 is 17.3 Å². The van der Waals surface area contributed by atoms with E-state index in [2.05, 4.69) is 41.0 Å². The number of nitrogens with one attached hydrogen (secondary N) is 2. The molecule has 1 saturated carbocycles. The number of pyridine rings is 1. The lowest BCUT2D eigenvalue weighted by Gasteiger charge is -2.20. The fourth-order valence-electron chi connectivity index (χ4n) is 4.15. The molecule has 0 radical (unpaired) electrons. The Balaban J connectivity index is 1.47. The summed E-state index contributed by atoms with van der Waals surface area (Å²) in [6, 6.07) is 6.11. The third kappa shape index (κ3) is 7.72. The molecule has 1 fully saturated rings. The molecule has 2 heterocycles. The lowest BCUT2D eigenvalue weighted by atomic mass is 10.0. The highest BCUT2D eigenvalue weighted by molar-refractivity contribution is 6.05. The number of rotatable bonds is 12. The molecule has 4 rings (SSSR count). The summed E-state index contributed by atoms with van der Waals surface area (Å²) in [6.45, 7) is 11.7. The second-order valence-electron chi connectivity index (χ2n) is 10.6. The second kappa shape index (κ2) is 12.1. The molecular weight excluding hydrogens is 505 g/mol. The van der Waals surface area contributed by atoms with E-state index >= 15 is 4.39 Å². The molecule has 1 aromatic heterocycles. The zero-order valence-electron chi connectivity index (χ0n) is 22.8. The average molecular weight is 541 g/mol. The summed E-state index contributed by atoms with van der Waals surface area (Å²) in [5.41, 5.74) is 2.69. The standard InChI is InChI=1S/C30H35F3N4O2/c1-18(2)28(20-6-7-20)35-16-22-8-10-23(31)26(27(22)32)29-36-19(3)14-24(37-29)21-9-11-25(34-15-21)39-13-12-38-17-30(4,5)33/h8-11,14-15,18,35H,3,6-7,12-13,16-17H2,1-2,4-5H3,(H,36,37). The first-order valence-electron chi connectivity index (χ1n) is 13.1. The molecule has 39 heavy (non-hydrogen) atoms. The number of halogens is 3. The number of ether oxygens (including phenoxy) is 2. The van der Waals surface area contributed by atoms with Crippen molar-refractivity contribution in [1.29, 1.82) is 0 Å². The molecule has 1 aromatic carbocycles. The molecule has 1 aliphatic carbocycles. The highest BCUT2D eigenvalue weighted by Crippen LogP contribution is 2.34. The van der Waals surface area contributed by atoms with Crippen LogP contribution in [0.2, 0.25) is 0 Å². The van der Waals surface area contributed by atoms with Crippen LogP contribution in [0.15, 0.2) is 65.1 Å². The second-order valence-corrected chi connectivity index (χ2v) is 10.6. The number of aromatic nitrogens is 1. The Kier molecular flexibility index (Phi) is 8.80. The third-order valence-electron chi connectivity index (χ3n) is 6.11. The Bertz CT molecular complexity index is 1300. The molecule has 6 nitrogen and oxygen atoms in total. The maximum absolute atomic E-state index is 15.6. The van der Waals surface area contributed by atoms with Gasteiger partial charge in [0.1, 0.15) is 29.7 Å². The zero-order chi connectivity index (χ0) is 28.2. The van der Waals surface area contributed by atoms with E-state index in [1.54, 1.807) is 24.4 Å². The molecule has 0 amide bonds. The Morgan fingerprint density at radius 1 is 1.15 bits per heavy atom. The van der Waals surface area contributed by atoms with Gasteiger partial charge in [0, 0.05) is 41.3 Å².